The molecular weight excluding hydrogens is 240 g/mol. The van der Waals surface area contributed by atoms with Crippen molar-refractivity contribution in [3.8, 4) is 5.75 Å². The smallest absolute Gasteiger partial charge is 0.251 e. The average Bonchev–Trinajstić information content (AvgIpc) is 2.74. The van der Waals surface area contributed by atoms with E-state index in [4.69, 9.17) is 0 Å². The van der Waals surface area contributed by atoms with E-state index < -0.39 is 0 Å². The first-order valence-corrected chi connectivity index (χ1v) is 5.98. The second-order valence-corrected chi connectivity index (χ2v) is 4.35. The Balaban J connectivity index is 1.87. The summed E-state index contributed by atoms with van der Waals surface area (Å²) < 4.78 is 0. The average molecular weight is 252 g/mol. The number of amides is 1. The number of phenolic OH excluding ortho intramolecular Hbond substituents is 1. The number of phenols is 1. The van der Waals surface area contributed by atoms with Gasteiger partial charge in [-0.15, -0.1) is 0 Å². The molecule has 19 heavy (non-hydrogen) atoms. The third-order valence-corrected chi connectivity index (χ3v) is 3.01. The third-order valence-electron chi connectivity index (χ3n) is 3.01. The van der Waals surface area contributed by atoms with Crippen LogP contribution in [-0.2, 0) is 11.2 Å². The summed E-state index contributed by atoms with van der Waals surface area (Å²) >= 11 is 0. The van der Waals surface area contributed by atoms with Crippen LogP contribution < -0.4 is 5.01 Å². The molecule has 3 rings (SSSR count). The van der Waals surface area contributed by atoms with Crippen LogP contribution in [0.25, 0.3) is 0 Å². The molecule has 1 heterocycles. The molecule has 4 nitrogen and oxygen atoms in total. The van der Waals surface area contributed by atoms with Crippen LogP contribution in [0, 0.1) is 0 Å². The molecule has 0 saturated carbocycles. The Morgan fingerprint density at radius 1 is 1.11 bits per heavy atom. The lowest BCUT2D eigenvalue weighted by molar-refractivity contribution is -0.117. The third kappa shape index (κ3) is 2.20. The number of para-hydroxylation sites is 1. The van der Waals surface area contributed by atoms with Crippen LogP contribution in [0.1, 0.15) is 11.1 Å². The van der Waals surface area contributed by atoms with E-state index >= 15 is 0 Å². The summed E-state index contributed by atoms with van der Waals surface area (Å²) in [4.78, 5) is 11.9. The number of nitrogens with zero attached hydrogens (tertiary/aromatic N) is 2. The molecule has 1 aliphatic rings. The molecule has 0 spiro atoms. The predicted octanol–water partition coefficient (Wildman–Crippen LogP) is 2.32. The van der Waals surface area contributed by atoms with Crippen molar-refractivity contribution in [1.29, 1.82) is 0 Å². The van der Waals surface area contributed by atoms with E-state index in [2.05, 4.69) is 5.10 Å². The van der Waals surface area contributed by atoms with Crippen molar-refractivity contribution in [3.63, 3.8) is 0 Å². The van der Waals surface area contributed by atoms with Crippen LogP contribution in [0.4, 0.5) is 5.69 Å². The van der Waals surface area contributed by atoms with Gasteiger partial charge in [-0.25, -0.2) is 5.01 Å². The number of aromatic hydroxyl groups is 1. The van der Waals surface area contributed by atoms with Crippen LogP contribution in [0.15, 0.2) is 53.6 Å². The van der Waals surface area contributed by atoms with Crippen molar-refractivity contribution in [1.82, 2.24) is 0 Å². The Labute approximate surface area is 110 Å². The molecule has 0 radical (unpaired) electrons. The highest BCUT2D eigenvalue weighted by Crippen LogP contribution is 2.28. The fraction of sp³-hybridized carbons (Fsp3) is 0.0667. The minimum Gasteiger partial charge on any atom is -0.508 e. The van der Waals surface area contributed by atoms with E-state index in [0.29, 0.717) is 6.42 Å². The van der Waals surface area contributed by atoms with Crippen molar-refractivity contribution < 1.29 is 9.90 Å². The molecule has 2 aromatic carbocycles. The van der Waals surface area contributed by atoms with Gasteiger partial charge < -0.3 is 5.11 Å². The zero-order valence-electron chi connectivity index (χ0n) is 10.2. The molecule has 94 valence electrons. The minimum absolute atomic E-state index is 0.0313. The van der Waals surface area contributed by atoms with Gasteiger partial charge in [-0.05, 0) is 41.5 Å². The van der Waals surface area contributed by atoms with E-state index in [1.807, 2.05) is 24.3 Å². The van der Waals surface area contributed by atoms with Crippen molar-refractivity contribution in [2.45, 2.75) is 6.42 Å². The molecular formula is C15H12N2O2. The summed E-state index contributed by atoms with van der Waals surface area (Å²) in [6.07, 6.45) is 2.00. The fourth-order valence-corrected chi connectivity index (χ4v) is 2.05. The highest BCUT2D eigenvalue weighted by Gasteiger charge is 2.26. The van der Waals surface area contributed by atoms with Gasteiger partial charge in [0, 0.05) is 0 Å². The number of carbonyl (C=O) groups excluding carboxylic acids is 1. The van der Waals surface area contributed by atoms with Gasteiger partial charge in [0.05, 0.1) is 18.3 Å². The summed E-state index contributed by atoms with van der Waals surface area (Å²) in [5.74, 6) is 0.177. The number of rotatable bonds is 2. The van der Waals surface area contributed by atoms with Gasteiger partial charge in [-0.1, -0.05) is 18.2 Å². The number of hydrazone groups is 1. The molecule has 0 saturated heterocycles. The predicted molar refractivity (Wildman–Crippen MR) is 73.3 cm³/mol. The first-order valence-electron chi connectivity index (χ1n) is 5.98. The highest BCUT2D eigenvalue weighted by molar-refractivity contribution is 6.02. The Bertz CT molecular complexity index is 647. The van der Waals surface area contributed by atoms with Gasteiger partial charge in [-0.3, -0.25) is 4.79 Å². The van der Waals surface area contributed by atoms with Gasteiger partial charge in [0.1, 0.15) is 5.75 Å². The Morgan fingerprint density at radius 3 is 2.63 bits per heavy atom. The topological polar surface area (TPSA) is 52.9 Å². The summed E-state index contributed by atoms with van der Waals surface area (Å²) in [5.41, 5.74) is 2.66. The zero-order chi connectivity index (χ0) is 13.2. The molecule has 0 unspecified atom stereocenters. The number of anilines is 1. The maximum absolute atomic E-state index is 11.9. The molecule has 4 heteroatoms. The lowest BCUT2D eigenvalue weighted by Gasteiger charge is -2.09. The van der Waals surface area contributed by atoms with Crippen LogP contribution >= 0.6 is 0 Å². The molecule has 0 atom stereocenters. The number of carbonyl (C=O) groups is 1. The van der Waals surface area contributed by atoms with Gasteiger partial charge in [0.2, 0.25) is 0 Å². The minimum atomic E-state index is -0.0313. The van der Waals surface area contributed by atoms with Gasteiger partial charge >= 0.3 is 0 Å². The van der Waals surface area contributed by atoms with Crippen LogP contribution in [0.3, 0.4) is 0 Å². The summed E-state index contributed by atoms with van der Waals surface area (Å²) in [5, 5.41) is 14.8. The van der Waals surface area contributed by atoms with Crippen molar-refractivity contribution >= 4 is 17.8 Å². The summed E-state index contributed by atoms with van der Waals surface area (Å²) in [6.45, 7) is 0. The van der Waals surface area contributed by atoms with Gasteiger partial charge in [0.15, 0.2) is 0 Å². The Morgan fingerprint density at radius 2 is 1.84 bits per heavy atom. The second kappa shape index (κ2) is 4.57. The molecule has 2 aromatic rings. The van der Waals surface area contributed by atoms with E-state index in [9.17, 15) is 9.90 Å². The number of fused-ring (bicyclic) bond motifs is 1. The number of benzene rings is 2. The van der Waals surface area contributed by atoms with Crippen molar-refractivity contribution in [2.75, 3.05) is 5.01 Å². The monoisotopic (exact) mass is 252 g/mol. The molecule has 0 aromatic heterocycles. The summed E-state index contributed by atoms with van der Waals surface area (Å²) in [6, 6.07) is 14.3. The van der Waals surface area contributed by atoms with Crippen molar-refractivity contribution in [3.05, 3.63) is 59.7 Å². The lowest BCUT2D eigenvalue weighted by atomic mass is 10.2. The SMILES string of the molecule is O=C1Cc2ccccc2N1/N=C\c1ccc(O)cc1. The molecule has 0 aliphatic carbocycles. The Kier molecular flexibility index (Phi) is 2.76. The molecule has 0 bridgehead atoms. The van der Waals surface area contributed by atoms with Gasteiger partial charge in [0.25, 0.3) is 5.91 Å². The van der Waals surface area contributed by atoms with Crippen LogP contribution in [-0.4, -0.2) is 17.2 Å². The zero-order valence-corrected chi connectivity index (χ0v) is 10.2. The second-order valence-electron chi connectivity index (χ2n) is 4.35. The molecule has 1 N–H and O–H groups in total. The molecule has 1 amide bonds. The quantitative estimate of drug-likeness (QED) is 0.834. The van der Waals surface area contributed by atoms with E-state index in [1.165, 1.54) is 5.01 Å². The van der Waals surface area contributed by atoms with Crippen LogP contribution in [0.5, 0.6) is 5.75 Å². The highest BCUT2D eigenvalue weighted by atomic mass is 16.3. The molecule has 1 aliphatic heterocycles. The summed E-state index contributed by atoms with van der Waals surface area (Å²) in [7, 11) is 0. The van der Waals surface area contributed by atoms with Crippen molar-refractivity contribution in [2.24, 2.45) is 5.10 Å². The largest absolute Gasteiger partial charge is 0.508 e. The standard InChI is InChI=1S/C15H12N2O2/c18-13-7-5-11(6-8-13)10-16-17-14-4-2-1-3-12(14)9-15(17)19/h1-8,10,18H,9H2/b16-10-. The Hall–Kier alpha value is -2.62. The van der Waals surface area contributed by atoms with E-state index in [1.54, 1.807) is 30.5 Å². The van der Waals surface area contributed by atoms with Gasteiger partial charge in [-0.2, -0.15) is 5.10 Å². The maximum Gasteiger partial charge on any atom is 0.251 e. The number of hydrogen-bond acceptors (Lipinski definition) is 3. The fourth-order valence-electron chi connectivity index (χ4n) is 2.05. The first kappa shape index (κ1) is 11.5. The van der Waals surface area contributed by atoms with Crippen LogP contribution in [0.2, 0.25) is 0 Å². The lowest BCUT2D eigenvalue weighted by Crippen LogP contribution is -2.20. The maximum atomic E-state index is 11.9. The van der Waals surface area contributed by atoms with E-state index in [-0.39, 0.29) is 11.7 Å². The molecule has 0 fully saturated rings. The first-order chi connectivity index (χ1) is 9.24. The number of hydrogen-bond donors (Lipinski definition) is 1. The van der Waals surface area contributed by atoms with E-state index in [0.717, 1.165) is 16.8 Å². The normalized spacial score (nSPS) is 14.1.